The molecule has 1 N–H and O–H groups in total. The van der Waals surface area contributed by atoms with Crippen molar-refractivity contribution < 1.29 is 14.4 Å². The summed E-state index contributed by atoms with van der Waals surface area (Å²) in [5.41, 5.74) is 2.39. The Labute approximate surface area is 158 Å². The second-order valence-electron chi connectivity index (χ2n) is 6.33. The van der Waals surface area contributed by atoms with E-state index in [2.05, 4.69) is 10.3 Å². The second-order valence-corrected chi connectivity index (χ2v) is 6.33. The Morgan fingerprint density at radius 1 is 1.15 bits per heavy atom. The number of benzene rings is 1. The first kappa shape index (κ1) is 18.6. The highest BCUT2D eigenvalue weighted by atomic mass is 16.2. The lowest BCUT2D eigenvalue weighted by Gasteiger charge is -2.32. The van der Waals surface area contributed by atoms with Crippen LogP contribution in [0.2, 0.25) is 0 Å². The monoisotopic (exact) mass is 366 g/mol. The highest BCUT2D eigenvalue weighted by molar-refractivity contribution is 6.05. The number of rotatable bonds is 5. The third-order valence-corrected chi connectivity index (χ3v) is 4.64. The van der Waals surface area contributed by atoms with Gasteiger partial charge in [-0.2, -0.15) is 0 Å². The molecule has 0 radical (unpaired) electrons. The summed E-state index contributed by atoms with van der Waals surface area (Å²) in [7, 11) is 0. The molecular weight excluding hydrogens is 344 g/mol. The van der Waals surface area contributed by atoms with Crippen LogP contribution in [-0.4, -0.2) is 59.2 Å². The Morgan fingerprint density at radius 2 is 1.89 bits per heavy atom. The summed E-state index contributed by atoms with van der Waals surface area (Å²) in [6.45, 7) is 4.01. The van der Waals surface area contributed by atoms with Crippen molar-refractivity contribution in [3.05, 3.63) is 59.4 Å². The summed E-state index contributed by atoms with van der Waals surface area (Å²) in [6.07, 6.45) is 3.07. The van der Waals surface area contributed by atoms with Crippen molar-refractivity contribution in [1.82, 2.24) is 14.8 Å². The van der Waals surface area contributed by atoms with Gasteiger partial charge in [0.15, 0.2) is 0 Å². The smallest absolute Gasteiger partial charge is 0.274 e. The van der Waals surface area contributed by atoms with Crippen LogP contribution in [0.1, 0.15) is 33.3 Å². The van der Waals surface area contributed by atoms with E-state index in [0.29, 0.717) is 31.7 Å². The van der Waals surface area contributed by atoms with Gasteiger partial charge in [-0.1, -0.05) is 25.1 Å². The number of nitrogens with zero attached hydrogens (tertiary/aromatic N) is 3. The van der Waals surface area contributed by atoms with Gasteiger partial charge in [-0.3, -0.25) is 19.4 Å². The van der Waals surface area contributed by atoms with Crippen molar-refractivity contribution in [2.45, 2.75) is 13.3 Å². The molecule has 1 aliphatic rings. The number of piperazine rings is 1. The molecule has 1 aliphatic heterocycles. The molecule has 27 heavy (non-hydrogen) atoms. The number of nitrogens with one attached hydrogen (secondary N) is 1. The first-order valence-electron chi connectivity index (χ1n) is 8.96. The van der Waals surface area contributed by atoms with Crippen LogP contribution < -0.4 is 5.32 Å². The fraction of sp³-hybridized carbons (Fsp3) is 0.300. The molecule has 1 fully saturated rings. The molecule has 0 bridgehead atoms. The van der Waals surface area contributed by atoms with E-state index in [0.717, 1.165) is 24.1 Å². The largest absolute Gasteiger partial charge is 0.342 e. The third-order valence-electron chi connectivity index (χ3n) is 4.64. The number of aryl methyl sites for hydroxylation is 1. The van der Waals surface area contributed by atoms with Gasteiger partial charge in [-0.25, -0.2) is 0 Å². The lowest BCUT2D eigenvalue weighted by atomic mass is 10.1. The van der Waals surface area contributed by atoms with Gasteiger partial charge in [0.05, 0.1) is 0 Å². The fourth-order valence-electron chi connectivity index (χ4n) is 3.04. The number of carbonyl (C=O) groups excluding carboxylic acids is 3. The fourth-order valence-corrected chi connectivity index (χ4v) is 3.04. The number of hydrogen-bond acceptors (Lipinski definition) is 4. The molecule has 0 spiro atoms. The van der Waals surface area contributed by atoms with Crippen LogP contribution >= 0.6 is 0 Å². The SMILES string of the molecule is CCc1ccccc1NC(=O)c1cc(C(=O)N2CCN(C=O)CC2)ccn1. The summed E-state index contributed by atoms with van der Waals surface area (Å²) in [4.78, 5) is 43.5. The first-order valence-corrected chi connectivity index (χ1v) is 8.96. The highest BCUT2D eigenvalue weighted by Crippen LogP contribution is 2.17. The topological polar surface area (TPSA) is 82.6 Å². The normalized spacial score (nSPS) is 14.0. The van der Waals surface area contributed by atoms with E-state index >= 15 is 0 Å². The Kier molecular flexibility index (Phi) is 5.80. The maximum absolute atomic E-state index is 12.7. The maximum Gasteiger partial charge on any atom is 0.274 e. The number of carbonyl (C=O) groups is 3. The molecule has 0 unspecified atom stereocenters. The second kappa shape index (κ2) is 8.44. The van der Waals surface area contributed by atoms with Gasteiger partial charge >= 0.3 is 0 Å². The third kappa shape index (κ3) is 4.31. The molecule has 1 saturated heterocycles. The highest BCUT2D eigenvalue weighted by Gasteiger charge is 2.22. The number of anilines is 1. The minimum Gasteiger partial charge on any atom is -0.342 e. The Hall–Kier alpha value is -3.22. The van der Waals surface area contributed by atoms with Gasteiger partial charge in [0, 0.05) is 43.6 Å². The summed E-state index contributed by atoms with van der Waals surface area (Å²) in [5, 5.41) is 2.86. The van der Waals surface area contributed by atoms with E-state index < -0.39 is 0 Å². The van der Waals surface area contributed by atoms with Crippen LogP contribution in [0.3, 0.4) is 0 Å². The van der Waals surface area contributed by atoms with E-state index in [1.54, 1.807) is 15.9 Å². The molecule has 2 heterocycles. The molecular formula is C20H22N4O3. The van der Waals surface area contributed by atoms with Crippen LogP contribution in [0, 0.1) is 0 Å². The Bertz CT molecular complexity index is 845. The van der Waals surface area contributed by atoms with E-state index in [1.807, 2.05) is 31.2 Å². The predicted molar refractivity (Wildman–Crippen MR) is 102 cm³/mol. The first-order chi connectivity index (χ1) is 13.1. The van der Waals surface area contributed by atoms with Gasteiger partial charge in [0.1, 0.15) is 5.69 Å². The van der Waals surface area contributed by atoms with Gasteiger partial charge in [0.25, 0.3) is 11.8 Å². The van der Waals surface area contributed by atoms with Crippen molar-refractivity contribution in [3.8, 4) is 0 Å². The van der Waals surface area contributed by atoms with E-state index in [4.69, 9.17) is 0 Å². The van der Waals surface area contributed by atoms with Crippen molar-refractivity contribution in [3.63, 3.8) is 0 Å². The number of pyridine rings is 1. The van der Waals surface area contributed by atoms with Crippen molar-refractivity contribution in [1.29, 1.82) is 0 Å². The number of para-hydroxylation sites is 1. The molecule has 1 aromatic carbocycles. The van der Waals surface area contributed by atoms with Crippen molar-refractivity contribution >= 4 is 23.9 Å². The molecule has 3 amide bonds. The minimum absolute atomic E-state index is 0.161. The molecule has 0 saturated carbocycles. The Balaban J connectivity index is 1.72. The molecule has 7 nitrogen and oxygen atoms in total. The molecule has 1 aromatic heterocycles. The van der Waals surface area contributed by atoms with Gasteiger partial charge in [0.2, 0.25) is 6.41 Å². The molecule has 3 rings (SSSR count). The minimum atomic E-state index is -0.351. The summed E-state index contributed by atoms with van der Waals surface area (Å²) in [6, 6.07) is 10.7. The van der Waals surface area contributed by atoms with Crippen LogP contribution in [0.4, 0.5) is 5.69 Å². The van der Waals surface area contributed by atoms with Gasteiger partial charge in [-0.05, 0) is 30.2 Å². The zero-order chi connectivity index (χ0) is 19.2. The summed E-state index contributed by atoms with van der Waals surface area (Å²) < 4.78 is 0. The lowest BCUT2D eigenvalue weighted by Crippen LogP contribution is -2.48. The summed E-state index contributed by atoms with van der Waals surface area (Å²) >= 11 is 0. The molecule has 2 aromatic rings. The van der Waals surface area contributed by atoms with Crippen LogP contribution in [0.5, 0.6) is 0 Å². The Morgan fingerprint density at radius 3 is 2.59 bits per heavy atom. The zero-order valence-corrected chi connectivity index (χ0v) is 15.2. The standard InChI is InChI=1S/C20H22N4O3/c1-2-15-5-3-4-6-17(15)22-19(26)18-13-16(7-8-21-18)20(27)24-11-9-23(14-25)10-12-24/h3-8,13-14H,2,9-12H2,1H3,(H,22,26). The zero-order valence-electron chi connectivity index (χ0n) is 15.2. The van der Waals surface area contributed by atoms with Crippen LogP contribution in [-0.2, 0) is 11.2 Å². The average molecular weight is 366 g/mol. The molecule has 0 atom stereocenters. The average Bonchev–Trinajstić information content (AvgIpc) is 2.73. The predicted octanol–water partition coefficient (Wildman–Crippen LogP) is 1.81. The van der Waals surface area contributed by atoms with Gasteiger partial charge in [-0.15, -0.1) is 0 Å². The van der Waals surface area contributed by atoms with Crippen molar-refractivity contribution in [2.75, 3.05) is 31.5 Å². The maximum atomic E-state index is 12.7. The quantitative estimate of drug-likeness (QED) is 0.818. The molecule has 0 aliphatic carbocycles. The van der Waals surface area contributed by atoms with Crippen molar-refractivity contribution in [2.24, 2.45) is 0 Å². The lowest BCUT2D eigenvalue weighted by molar-refractivity contribution is -0.119. The molecule has 140 valence electrons. The van der Waals surface area contributed by atoms with Crippen LogP contribution in [0.15, 0.2) is 42.6 Å². The number of hydrogen-bond donors (Lipinski definition) is 1. The van der Waals surface area contributed by atoms with E-state index in [1.165, 1.54) is 12.3 Å². The molecule has 7 heteroatoms. The van der Waals surface area contributed by atoms with Crippen LogP contribution in [0.25, 0.3) is 0 Å². The summed E-state index contributed by atoms with van der Waals surface area (Å²) in [5.74, 6) is -0.512. The number of aromatic nitrogens is 1. The van der Waals surface area contributed by atoms with E-state index in [9.17, 15) is 14.4 Å². The van der Waals surface area contributed by atoms with E-state index in [-0.39, 0.29) is 17.5 Å². The number of amides is 3. The van der Waals surface area contributed by atoms with Gasteiger partial charge < -0.3 is 15.1 Å².